The molecule has 1 amide bonds. The molecule has 0 unspecified atom stereocenters. The van der Waals surface area contributed by atoms with Crippen LogP contribution < -0.4 is 5.73 Å². The number of hydrogen-bond donors (Lipinski definition) is 1. The minimum absolute atomic E-state index is 0.0574. The minimum atomic E-state index is 0.0574. The van der Waals surface area contributed by atoms with E-state index in [2.05, 4.69) is 5.10 Å². The van der Waals surface area contributed by atoms with Crippen molar-refractivity contribution >= 4 is 23.1 Å². The highest BCUT2D eigenvalue weighted by molar-refractivity contribution is 7.80. The van der Waals surface area contributed by atoms with Gasteiger partial charge in [0.25, 0.3) is 5.91 Å². The third-order valence-electron chi connectivity index (χ3n) is 3.65. The molecule has 2 heterocycles. The molecule has 2 rings (SSSR count). The Labute approximate surface area is 112 Å². The zero-order chi connectivity index (χ0) is 13.3. The van der Waals surface area contributed by atoms with Gasteiger partial charge in [-0.25, -0.2) is 0 Å². The lowest BCUT2D eigenvalue weighted by Gasteiger charge is -2.31. The van der Waals surface area contributed by atoms with Gasteiger partial charge in [0.2, 0.25) is 0 Å². The zero-order valence-corrected chi connectivity index (χ0v) is 11.5. The number of piperidine rings is 1. The van der Waals surface area contributed by atoms with Gasteiger partial charge in [-0.15, -0.1) is 0 Å². The van der Waals surface area contributed by atoms with E-state index < -0.39 is 0 Å². The van der Waals surface area contributed by atoms with Gasteiger partial charge in [-0.05, 0) is 19.8 Å². The molecular formula is C12H18N4OS. The topological polar surface area (TPSA) is 64.2 Å². The van der Waals surface area contributed by atoms with Crippen LogP contribution in [0.25, 0.3) is 0 Å². The van der Waals surface area contributed by atoms with Gasteiger partial charge in [-0.3, -0.25) is 9.48 Å². The molecule has 2 N–H and O–H groups in total. The summed E-state index contributed by atoms with van der Waals surface area (Å²) in [4.78, 5) is 14.7. The van der Waals surface area contributed by atoms with Gasteiger partial charge in [0.05, 0.1) is 16.7 Å². The van der Waals surface area contributed by atoms with E-state index >= 15 is 0 Å². The number of nitrogens with two attached hydrogens (primary N) is 1. The predicted molar refractivity (Wildman–Crippen MR) is 73.4 cm³/mol. The van der Waals surface area contributed by atoms with Crippen molar-refractivity contribution in [1.82, 2.24) is 14.7 Å². The van der Waals surface area contributed by atoms with E-state index in [1.165, 1.54) is 0 Å². The Kier molecular flexibility index (Phi) is 3.65. The van der Waals surface area contributed by atoms with Crippen LogP contribution in [0, 0.1) is 12.8 Å². The molecule has 0 radical (unpaired) electrons. The molecular weight excluding hydrogens is 248 g/mol. The van der Waals surface area contributed by atoms with Crippen LogP contribution in [0.3, 0.4) is 0 Å². The lowest BCUT2D eigenvalue weighted by molar-refractivity contribution is 0.0709. The van der Waals surface area contributed by atoms with Crippen molar-refractivity contribution in [3.05, 3.63) is 17.5 Å². The van der Waals surface area contributed by atoms with Crippen molar-refractivity contribution in [2.45, 2.75) is 19.8 Å². The molecule has 1 fully saturated rings. The molecule has 0 aromatic carbocycles. The second-order valence-corrected chi connectivity index (χ2v) is 5.21. The standard InChI is InChI=1S/C12H18N4OS/c1-8-10(7-14-15(8)2)12(17)16-5-3-9(4-6-16)11(13)18/h7,9H,3-6H2,1-2H3,(H2,13,18). The molecule has 1 saturated heterocycles. The molecule has 1 aromatic heterocycles. The lowest BCUT2D eigenvalue weighted by atomic mass is 9.96. The summed E-state index contributed by atoms with van der Waals surface area (Å²) in [6, 6.07) is 0. The first-order valence-corrected chi connectivity index (χ1v) is 6.48. The minimum Gasteiger partial charge on any atom is -0.393 e. The van der Waals surface area contributed by atoms with Crippen LogP contribution in [0.4, 0.5) is 0 Å². The Morgan fingerprint density at radius 1 is 1.50 bits per heavy atom. The number of likely N-dealkylation sites (tertiary alicyclic amines) is 1. The van der Waals surface area contributed by atoms with Crippen LogP contribution >= 0.6 is 12.2 Å². The fourth-order valence-corrected chi connectivity index (χ4v) is 2.48. The van der Waals surface area contributed by atoms with Gasteiger partial charge < -0.3 is 10.6 Å². The molecule has 0 aliphatic carbocycles. The van der Waals surface area contributed by atoms with Gasteiger partial charge >= 0.3 is 0 Å². The molecule has 5 nitrogen and oxygen atoms in total. The number of rotatable bonds is 2. The van der Waals surface area contributed by atoms with Gasteiger partial charge in [-0.1, -0.05) is 12.2 Å². The summed E-state index contributed by atoms with van der Waals surface area (Å²) in [6.07, 6.45) is 3.36. The quantitative estimate of drug-likeness (QED) is 0.807. The SMILES string of the molecule is Cc1c(C(=O)N2CCC(C(N)=S)CC2)cnn1C. The van der Waals surface area contributed by atoms with Crippen LogP contribution in [0.5, 0.6) is 0 Å². The monoisotopic (exact) mass is 266 g/mol. The normalized spacial score (nSPS) is 16.9. The summed E-state index contributed by atoms with van der Waals surface area (Å²) in [6.45, 7) is 3.34. The summed E-state index contributed by atoms with van der Waals surface area (Å²) in [5.74, 6) is 0.334. The lowest BCUT2D eigenvalue weighted by Crippen LogP contribution is -2.41. The van der Waals surface area contributed by atoms with Crippen molar-refractivity contribution in [2.75, 3.05) is 13.1 Å². The maximum Gasteiger partial charge on any atom is 0.257 e. The van der Waals surface area contributed by atoms with Crippen LogP contribution in [-0.4, -0.2) is 38.7 Å². The van der Waals surface area contributed by atoms with Crippen LogP contribution in [-0.2, 0) is 7.05 Å². The maximum absolute atomic E-state index is 12.3. The molecule has 0 bridgehead atoms. The number of aromatic nitrogens is 2. The third kappa shape index (κ3) is 2.38. The van der Waals surface area contributed by atoms with E-state index in [9.17, 15) is 4.79 Å². The van der Waals surface area contributed by atoms with Crippen molar-refractivity contribution in [1.29, 1.82) is 0 Å². The van der Waals surface area contributed by atoms with Crippen molar-refractivity contribution < 1.29 is 4.79 Å². The summed E-state index contributed by atoms with van der Waals surface area (Å²) in [5, 5.41) is 4.10. The fourth-order valence-electron chi connectivity index (χ4n) is 2.25. The van der Waals surface area contributed by atoms with Crippen molar-refractivity contribution in [2.24, 2.45) is 18.7 Å². The van der Waals surface area contributed by atoms with Gasteiger partial charge in [0, 0.05) is 31.7 Å². The number of nitrogens with zero attached hydrogens (tertiary/aromatic N) is 3. The predicted octanol–water partition coefficient (Wildman–Crippen LogP) is 0.867. The van der Waals surface area contributed by atoms with E-state index in [0.29, 0.717) is 10.6 Å². The van der Waals surface area contributed by atoms with E-state index in [4.69, 9.17) is 18.0 Å². The molecule has 1 aliphatic rings. The number of carbonyl (C=O) groups is 1. The Hall–Kier alpha value is -1.43. The Balaban J connectivity index is 2.04. The summed E-state index contributed by atoms with van der Waals surface area (Å²) >= 11 is 5.00. The number of carbonyl (C=O) groups excluding carboxylic acids is 1. The second kappa shape index (κ2) is 5.06. The highest BCUT2D eigenvalue weighted by atomic mass is 32.1. The second-order valence-electron chi connectivity index (χ2n) is 4.74. The maximum atomic E-state index is 12.3. The molecule has 6 heteroatoms. The molecule has 18 heavy (non-hydrogen) atoms. The largest absolute Gasteiger partial charge is 0.393 e. The summed E-state index contributed by atoms with van der Waals surface area (Å²) in [5.41, 5.74) is 7.23. The van der Waals surface area contributed by atoms with Gasteiger partial charge in [0.1, 0.15) is 0 Å². The number of thiocarbonyl (C=S) groups is 1. The van der Waals surface area contributed by atoms with Gasteiger partial charge in [-0.2, -0.15) is 5.10 Å². The number of aryl methyl sites for hydroxylation is 1. The number of hydrogen-bond acceptors (Lipinski definition) is 3. The fraction of sp³-hybridized carbons (Fsp3) is 0.583. The van der Waals surface area contributed by atoms with Crippen LogP contribution in [0.1, 0.15) is 28.9 Å². The van der Waals surface area contributed by atoms with Crippen molar-refractivity contribution in [3.63, 3.8) is 0 Å². The van der Waals surface area contributed by atoms with E-state index in [-0.39, 0.29) is 11.8 Å². The number of amides is 1. The molecule has 1 aliphatic heterocycles. The Bertz CT molecular complexity index is 474. The van der Waals surface area contributed by atoms with Crippen LogP contribution in [0.2, 0.25) is 0 Å². The molecule has 0 saturated carbocycles. The van der Waals surface area contributed by atoms with E-state index in [1.54, 1.807) is 10.9 Å². The molecule has 98 valence electrons. The first-order chi connectivity index (χ1) is 8.50. The first kappa shape index (κ1) is 13.0. The highest BCUT2D eigenvalue weighted by Crippen LogP contribution is 2.20. The summed E-state index contributed by atoms with van der Waals surface area (Å²) in [7, 11) is 1.84. The average molecular weight is 266 g/mol. The average Bonchev–Trinajstić information content (AvgIpc) is 2.69. The highest BCUT2D eigenvalue weighted by Gasteiger charge is 2.26. The van der Waals surface area contributed by atoms with Crippen molar-refractivity contribution in [3.8, 4) is 0 Å². The zero-order valence-electron chi connectivity index (χ0n) is 10.7. The molecule has 0 spiro atoms. The summed E-state index contributed by atoms with van der Waals surface area (Å²) < 4.78 is 1.72. The molecule has 0 atom stereocenters. The smallest absolute Gasteiger partial charge is 0.257 e. The van der Waals surface area contributed by atoms with Crippen LogP contribution in [0.15, 0.2) is 6.20 Å². The van der Waals surface area contributed by atoms with Gasteiger partial charge in [0.15, 0.2) is 0 Å². The van der Waals surface area contributed by atoms with E-state index in [0.717, 1.165) is 31.6 Å². The molecule has 1 aromatic rings. The third-order valence-corrected chi connectivity index (χ3v) is 3.98. The Morgan fingerprint density at radius 3 is 2.56 bits per heavy atom. The Morgan fingerprint density at radius 2 is 2.11 bits per heavy atom. The first-order valence-electron chi connectivity index (χ1n) is 6.08. The van der Waals surface area contributed by atoms with E-state index in [1.807, 2.05) is 18.9 Å².